The molecule has 0 aliphatic heterocycles. The molecule has 0 saturated heterocycles. The molecule has 0 fully saturated rings. The highest BCUT2D eigenvalue weighted by atomic mass is 16.5. The second-order valence-corrected chi connectivity index (χ2v) is 6.49. The standard InChI is InChI=1S/C23H18N2O2/c1-15-7-10-18(13-16(15)2)22-20-5-3-4-6-21(20)23(25-24-22)27-19-11-8-17(14-26)9-12-19/h3-14H,1-2H3. The summed E-state index contributed by atoms with van der Waals surface area (Å²) < 4.78 is 5.94. The minimum atomic E-state index is 0.442. The molecule has 4 aromatic rings. The predicted octanol–water partition coefficient (Wildman–Crippen LogP) is 5.52. The van der Waals surface area contributed by atoms with Crippen molar-refractivity contribution in [3.63, 3.8) is 0 Å². The Balaban J connectivity index is 1.79. The third-order valence-corrected chi connectivity index (χ3v) is 4.66. The van der Waals surface area contributed by atoms with Crippen LogP contribution in [0.15, 0.2) is 66.7 Å². The van der Waals surface area contributed by atoms with Crippen LogP contribution in [0.2, 0.25) is 0 Å². The number of aldehydes is 1. The van der Waals surface area contributed by atoms with Crippen LogP contribution in [0.5, 0.6) is 11.6 Å². The van der Waals surface area contributed by atoms with Crippen LogP contribution < -0.4 is 4.74 Å². The number of ether oxygens (including phenoxy) is 1. The first-order valence-corrected chi connectivity index (χ1v) is 8.72. The van der Waals surface area contributed by atoms with Gasteiger partial charge in [-0.1, -0.05) is 30.3 Å². The fourth-order valence-electron chi connectivity index (χ4n) is 2.98. The van der Waals surface area contributed by atoms with E-state index in [9.17, 15) is 4.79 Å². The Morgan fingerprint density at radius 1 is 0.815 bits per heavy atom. The van der Waals surface area contributed by atoms with Crippen LogP contribution in [0, 0.1) is 13.8 Å². The van der Waals surface area contributed by atoms with Gasteiger partial charge in [0.25, 0.3) is 0 Å². The maximum atomic E-state index is 10.8. The van der Waals surface area contributed by atoms with Crippen molar-refractivity contribution in [1.29, 1.82) is 0 Å². The van der Waals surface area contributed by atoms with E-state index in [0.29, 0.717) is 17.2 Å². The Morgan fingerprint density at radius 3 is 2.26 bits per heavy atom. The van der Waals surface area contributed by atoms with E-state index >= 15 is 0 Å². The number of aromatic nitrogens is 2. The molecule has 0 radical (unpaired) electrons. The minimum absolute atomic E-state index is 0.442. The van der Waals surface area contributed by atoms with E-state index < -0.39 is 0 Å². The lowest BCUT2D eigenvalue weighted by Gasteiger charge is -2.11. The summed E-state index contributed by atoms with van der Waals surface area (Å²) in [6, 6.07) is 21.1. The summed E-state index contributed by atoms with van der Waals surface area (Å²) in [5.74, 6) is 1.05. The van der Waals surface area contributed by atoms with Crippen molar-refractivity contribution in [3.8, 4) is 22.9 Å². The number of hydrogen-bond acceptors (Lipinski definition) is 4. The number of hydrogen-bond donors (Lipinski definition) is 0. The number of nitrogens with zero attached hydrogens (tertiary/aromatic N) is 2. The Morgan fingerprint density at radius 2 is 1.56 bits per heavy atom. The quantitative estimate of drug-likeness (QED) is 0.453. The van der Waals surface area contributed by atoms with Gasteiger partial charge in [-0.15, -0.1) is 10.2 Å². The monoisotopic (exact) mass is 354 g/mol. The topological polar surface area (TPSA) is 52.1 Å². The lowest BCUT2D eigenvalue weighted by molar-refractivity contribution is 0.112. The molecule has 4 nitrogen and oxygen atoms in total. The Kier molecular flexibility index (Phi) is 4.38. The molecule has 4 heteroatoms. The van der Waals surface area contributed by atoms with Crippen LogP contribution in [0.1, 0.15) is 21.5 Å². The molecule has 4 rings (SSSR count). The summed E-state index contributed by atoms with van der Waals surface area (Å²) >= 11 is 0. The van der Waals surface area contributed by atoms with E-state index in [-0.39, 0.29) is 0 Å². The third kappa shape index (κ3) is 3.29. The van der Waals surface area contributed by atoms with E-state index in [1.54, 1.807) is 24.3 Å². The molecule has 0 N–H and O–H groups in total. The number of carbonyl (C=O) groups is 1. The largest absolute Gasteiger partial charge is 0.437 e. The van der Waals surface area contributed by atoms with Gasteiger partial charge >= 0.3 is 0 Å². The highest BCUT2D eigenvalue weighted by molar-refractivity contribution is 5.97. The SMILES string of the molecule is Cc1ccc(-c2nnc(Oc3ccc(C=O)cc3)c3ccccc23)cc1C. The van der Waals surface area contributed by atoms with E-state index in [4.69, 9.17) is 4.74 Å². The van der Waals surface area contributed by atoms with E-state index in [1.807, 2.05) is 24.3 Å². The molecular weight excluding hydrogens is 336 g/mol. The van der Waals surface area contributed by atoms with Crippen molar-refractivity contribution in [2.24, 2.45) is 0 Å². The van der Waals surface area contributed by atoms with Gasteiger partial charge in [0.05, 0.1) is 0 Å². The second kappa shape index (κ2) is 7.00. The van der Waals surface area contributed by atoms with Crippen LogP contribution in [0.4, 0.5) is 0 Å². The third-order valence-electron chi connectivity index (χ3n) is 4.66. The van der Waals surface area contributed by atoms with Gasteiger partial charge in [-0.25, -0.2) is 0 Å². The zero-order chi connectivity index (χ0) is 18.8. The Labute approximate surface area is 157 Å². The molecule has 132 valence electrons. The Hall–Kier alpha value is -3.53. The van der Waals surface area contributed by atoms with Crippen molar-refractivity contribution in [1.82, 2.24) is 10.2 Å². The summed E-state index contributed by atoms with van der Waals surface area (Å²) in [5, 5.41) is 10.6. The van der Waals surface area contributed by atoms with E-state index in [2.05, 4.69) is 42.2 Å². The molecule has 0 saturated carbocycles. The van der Waals surface area contributed by atoms with Crippen LogP contribution in [0.3, 0.4) is 0 Å². The van der Waals surface area contributed by atoms with Crippen LogP contribution >= 0.6 is 0 Å². The van der Waals surface area contributed by atoms with Gasteiger partial charge in [-0.05, 0) is 61.4 Å². The summed E-state index contributed by atoms with van der Waals surface area (Å²) in [5.41, 5.74) is 4.92. The van der Waals surface area contributed by atoms with Gasteiger partial charge in [0.1, 0.15) is 17.7 Å². The van der Waals surface area contributed by atoms with Gasteiger partial charge in [0, 0.05) is 21.9 Å². The fraction of sp³-hybridized carbons (Fsp3) is 0.0870. The first kappa shape index (κ1) is 16.9. The Bertz CT molecular complexity index is 1130. The maximum Gasteiger partial charge on any atom is 0.246 e. The van der Waals surface area contributed by atoms with Gasteiger partial charge in [0.2, 0.25) is 5.88 Å². The van der Waals surface area contributed by atoms with Crippen LogP contribution in [0.25, 0.3) is 22.0 Å². The molecule has 27 heavy (non-hydrogen) atoms. The van der Waals surface area contributed by atoms with Crippen LogP contribution in [-0.2, 0) is 0 Å². The second-order valence-electron chi connectivity index (χ2n) is 6.49. The number of rotatable bonds is 4. The highest BCUT2D eigenvalue weighted by Gasteiger charge is 2.13. The molecule has 0 bridgehead atoms. The normalized spacial score (nSPS) is 10.7. The first-order chi connectivity index (χ1) is 13.2. The lowest BCUT2D eigenvalue weighted by atomic mass is 10.0. The van der Waals surface area contributed by atoms with Crippen molar-refractivity contribution in [2.45, 2.75) is 13.8 Å². The van der Waals surface area contributed by atoms with Gasteiger partial charge in [0.15, 0.2) is 0 Å². The molecule has 1 heterocycles. The van der Waals surface area contributed by atoms with Gasteiger partial charge in [-0.3, -0.25) is 4.79 Å². The van der Waals surface area contributed by atoms with Gasteiger partial charge in [-0.2, -0.15) is 0 Å². The van der Waals surface area contributed by atoms with Crippen LogP contribution in [-0.4, -0.2) is 16.5 Å². The number of benzene rings is 3. The minimum Gasteiger partial charge on any atom is -0.437 e. The molecule has 0 amide bonds. The lowest BCUT2D eigenvalue weighted by Crippen LogP contribution is -1.96. The van der Waals surface area contributed by atoms with Crippen molar-refractivity contribution < 1.29 is 9.53 Å². The van der Waals surface area contributed by atoms with E-state index in [0.717, 1.165) is 28.3 Å². The number of fused-ring (bicyclic) bond motifs is 1. The summed E-state index contributed by atoms with van der Waals surface area (Å²) in [4.78, 5) is 10.8. The van der Waals surface area contributed by atoms with E-state index in [1.165, 1.54) is 11.1 Å². The van der Waals surface area contributed by atoms with Gasteiger partial charge < -0.3 is 4.74 Å². The first-order valence-electron chi connectivity index (χ1n) is 8.72. The molecule has 0 aliphatic carbocycles. The fourth-order valence-corrected chi connectivity index (χ4v) is 2.98. The molecule has 0 atom stereocenters. The average molecular weight is 354 g/mol. The smallest absolute Gasteiger partial charge is 0.246 e. The molecular formula is C23H18N2O2. The zero-order valence-electron chi connectivity index (χ0n) is 15.1. The highest BCUT2D eigenvalue weighted by Crippen LogP contribution is 2.33. The summed E-state index contributed by atoms with van der Waals surface area (Å²) in [6.07, 6.45) is 0.803. The molecule has 1 aromatic heterocycles. The average Bonchev–Trinajstić information content (AvgIpc) is 2.71. The molecule has 0 aliphatic rings. The molecule has 0 spiro atoms. The molecule has 0 unspecified atom stereocenters. The number of aryl methyl sites for hydroxylation is 2. The van der Waals surface area contributed by atoms with Crippen molar-refractivity contribution >= 4 is 17.1 Å². The number of carbonyl (C=O) groups excluding carboxylic acids is 1. The zero-order valence-corrected chi connectivity index (χ0v) is 15.1. The summed E-state index contributed by atoms with van der Waals surface area (Å²) in [6.45, 7) is 4.19. The van der Waals surface area contributed by atoms with Crippen molar-refractivity contribution in [3.05, 3.63) is 83.4 Å². The summed E-state index contributed by atoms with van der Waals surface area (Å²) in [7, 11) is 0. The predicted molar refractivity (Wildman–Crippen MR) is 106 cm³/mol. The maximum absolute atomic E-state index is 10.8. The van der Waals surface area contributed by atoms with Crippen molar-refractivity contribution in [2.75, 3.05) is 0 Å². The molecule has 3 aromatic carbocycles.